The second-order valence-corrected chi connectivity index (χ2v) is 5.84. The van der Waals surface area contributed by atoms with Crippen LogP contribution >= 0.6 is 23.1 Å². The van der Waals surface area contributed by atoms with E-state index in [0.29, 0.717) is 0 Å². The summed E-state index contributed by atoms with van der Waals surface area (Å²) in [7, 11) is 0. The minimum atomic E-state index is 1.01. The standard InChI is InChI=1S/C12H9N3S2/c1-8-6-10-11(16-8)14-7-15-12(10)17-9-2-4-13-5-3-9/h2-7H,1H3. The molecule has 0 amide bonds. The summed E-state index contributed by atoms with van der Waals surface area (Å²) in [4.78, 5) is 16.1. The fraction of sp³-hybridized carbons (Fsp3) is 0.0833. The Balaban J connectivity index is 2.06. The summed E-state index contributed by atoms with van der Waals surface area (Å²) in [6, 6.07) is 6.11. The van der Waals surface area contributed by atoms with Crippen LogP contribution in [-0.4, -0.2) is 15.0 Å². The first-order valence-electron chi connectivity index (χ1n) is 5.12. The summed E-state index contributed by atoms with van der Waals surface area (Å²) in [6.45, 7) is 2.09. The van der Waals surface area contributed by atoms with E-state index < -0.39 is 0 Å². The van der Waals surface area contributed by atoms with Gasteiger partial charge in [-0.05, 0) is 25.1 Å². The maximum Gasteiger partial charge on any atom is 0.128 e. The third-order valence-electron chi connectivity index (χ3n) is 2.28. The normalized spacial score (nSPS) is 10.9. The van der Waals surface area contributed by atoms with E-state index in [-0.39, 0.29) is 0 Å². The lowest BCUT2D eigenvalue weighted by Gasteiger charge is -2.00. The zero-order valence-electron chi connectivity index (χ0n) is 9.12. The Morgan fingerprint density at radius 1 is 1.18 bits per heavy atom. The minimum absolute atomic E-state index is 1.01. The highest BCUT2D eigenvalue weighted by Gasteiger charge is 2.08. The van der Waals surface area contributed by atoms with Crippen LogP contribution in [0.15, 0.2) is 46.8 Å². The molecular weight excluding hydrogens is 250 g/mol. The van der Waals surface area contributed by atoms with Crippen molar-refractivity contribution in [3.05, 3.63) is 41.8 Å². The van der Waals surface area contributed by atoms with Gasteiger partial charge in [0, 0.05) is 27.6 Å². The second kappa shape index (κ2) is 4.43. The Labute approximate surface area is 107 Å². The van der Waals surface area contributed by atoms with Gasteiger partial charge in [-0.25, -0.2) is 9.97 Å². The van der Waals surface area contributed by atoms with Gasteiger partial charge in [0.2, 0.25) is 0 Å². The van der Waals surface area contributed by atoms with E-state index in [9.17, 15) is 0 Å². The molecule has 17 heavy (non-hydrogen) atoms. The highest BCUT2D eigenvalue weighted by molar-refractivity contribution is 7.99. The van der Waals surface area contributed by atoms with Gasteiger partial charge in [-0.1, -0.05) is 11.8 Å². The molecule has 0 radical (unpaired) electrons. The van der Waals surface area contributed by atoms with Crippen molar-refractivity contribution in [2.75, 3.05) is 0 Å². The number of pyridine rings is 1. The number of aryl methyl sites for hydroxylation is 1. The molecule has 0 aliphatic carbocycles. The van der Waals surface area contributed by atoms with Crippen molar-refractivity contribution in [3.8, 4) is 0 Å². The van der Waals surface area contributed by atoms with Crippen molar-refractivity contribution in [3.63, 3.8) is 0 Å². The number of aromatic nitrogens is 3. The van der Waals surface area contributed by atoms with Crippen LogP contribution in [0.3, 0.4) is 0 Å². The minimum Gasteiger partial charge on any atom is -0.265 e. The van der Waals surface area contributed by atoms with Gasteiger partial charge in [-0.3, -0.25) is 4.98 Å². The van der Waals surface area contributed by atoms with Gasteiger partial charge >= 0.3 is 0 Å². The predicted molar refractivity (Wildman–Crippen MR) is 70.5 cm³/mol. The van der Waals surface area contributed by atoms with Crippen LogP contribution in [0.25, 0.3) is 10.2 Å². The van der Waals surface area contributed by atoms with Gasteiger partial charge < -0.3 is 0 Å². The molecule has 3 aromatic heterocycles. The summed E-state index contributed by atoms with van der Waals surface area (Å²) in [6.07, 6.45) is 5.21. The molecule has 3 heterocycles. The summed E-state index contributed by atoms with van der Waals surface area (Å²) in [5, 5.41) is 2.14. The zero-order chi connectivity index (χ0) is 11.7. The van der Waals surface area contributed by atoms with E-state index >= 15 is 0 Å². The molecule has 0 unspecified atom stereocenters. The van der Waals surface area contributed by atoms with Crippen LogP contribution in [-0.2, 0) is 0 Å². The number of rotatable bonds is 2. The van der Waals surface area contributed by atoms with Crippen molar-refractivity contribution in [1.29, 1.82) is 0 Å². The van der Waals surface area contributed by atoms with Gasteiger partial charge in [0.25, 0.3) is 0 Å². The third-order valence-corrected chi connectivity index (χ3v) is 4.27. The van der Waals surface area contributed by atoms with Gasteiger partial charge in [0.05, 0.1) is 0 Å². The number of hydrogen-bond acceptors (Lipinski definition) is 5. The highest BCUT2D eigenvalue weighted by Crippen LogP contribution is 2.33. The van der Waals surface area contributed by atoms with Crippen molar-refractivity contribution in [2.24, 2.45) is 0 Å². The average Bonchev–Trinajstić information content (AvgIpc) is 2.72. The third kappa shape index (κ3) is 2.16. The van der Waals surface area contributed by atoms with Gasteiger partial charge in [0.1, 0.15) is 16.2 Å². The first-order valence-corrected chi connectivity index (χ1v) is 6.75. The number of fused-ring (bicyclic) bond motifs is 1. The lowest BCUT2D eigenvalue weighted by molar-refractivity contribution is 1.11. The molecule has 0 aromatic carbocycles. The van der Waals surface area contributed by atoms with Crippen LogP contribution in [0.2, 0.25) is 0 Å². The molecule has 3 aromatic rings. The molecule has 3 nitrogen and oxygen atoms in total. The van der Waals surface area contributed by atoms with E-state index in [2.05, 4.69) is 27.9 Å². The SMILES string of the molecule is Cc1cc2c(Sc3ccncc3)ncnc2s1. The summed E-state index contributed by atoms with van der Waals surface area (Å²) >= 11 is 3.35. The Kier molecular flexibility index (Phi) is 2.78. The predicted octanol–water partition coefficient (Wildman–Crippen LogP) is 3.55. The molecule has 3 rings (SSSR count). The Bertz CT molecular complexity index is 649. The van der Waals surface area contributed by atoms with Crippen molar-refractivity contribution in [2.45, 2.75) is 16.8 Å². The Hall–Kier alpha value is -1.46. The fourth-order valence-corrected chi connectivity index (χ4v) is 3.31. The molecule has 0 atom stereocenters. The first kappa shape index (κ1) is 10.7. The van der Waals surface area contributed by atoms with E-state index in [0.717, 1.165) is 20.1 Å². The monoisotopic (exact) mass is 259 g/mol. The summed E-state index contributed by atoms with van der Waals surface area (Å²) in [5.74, 6) is 0. The maximum atomic E-state index is 4.35. The first-order chi connectivity index (χ1) is 8.33. The molecule has 84 valence electrons. The van der Waals surface area contributed by atoms with E-state index in [1.165, 1.54) is 4.88 Å². The Morgan fingerprint density at radius 2 is 2.00 bits per heavy atom. The molecule has 5 heteroatoms. The maximum absolute atomic E-state index is 4.35. The van der Waals surface area contributed by atoms with Crippen molar-refractivity contribution < 1.29 is 0 Å². The van der Waals surface area contributed by atoms with Gasteiger partial charge in [-0.2, -0.15) is 0 Å². The van der Waals surface area contributed by atoms with Crippen LogP contribution in [0, 0.1) is 6.92 Å². The molecule has 0 spiro atoms. The number of nitrogens with zero attached hydrogens (tertiary/aromatic N) is 3. The lowest BCUT2D eigenvalue weighted by Crippen LogP contribution is -1.83. The average molecular weight is 259 g/mol. The fourth-order valence-electron chi connectivity index (χ4n) is 1.55. The molecule has 0 aliphatic heterocycles. The molecule has 0 aliphatic rings. The second-order valence-electron chi connectivity index (χ2n) is 3.54. The quantitative estimate of drug-likeness (QED) is 0.660. The van der Waals surface area contributed by atoms with Crippen molar-refractivity contribution >= 4 is 33.3 Å². The largest absolute Gasteiger partial charge is 0.265 e. The number of thiophene rings is 1. The van der Waals surface area contributed by atoms with E-state index in [1.54, 1.807) is 41.8 Å². The highest BCUT2D eigenvalue weighted by atomic mass is 32.2. The molecule has 0 saturated carbocycles. The molecular formula is C12H9N3S2. The molecule has 0 bridgehead atoms. The smallest absolute Gasteiger partial charge is 0.128 e. The molecule has 0 N–H and O–H groups in total. The summed E-state index contributed by atoms with van der Waals surface area (Å²) in [5.41, 5.74) is 0. The topological polar surface area (TPSA) is 38.7 Å². The van der Waals surface area contributed by atoms with Crippen LogP contribution in [0.1, 0.15) is 4.88 Å². The van der Waals surface area contributed by atoms with Gasteiger partial charge in [-0.15, -0.1) is 11.3 Å². The van der Waals surface area contributed by atoms with Crippen LogP contribution in [0.4, 0.5) is 0 Å². The molecule has 0 saturated heterocycles. The van der Waals surface area contributed by atoms with Gasteiger partial charge in [0.15, 0.2) is 0 Å². The van der Waals surface area contributed by atoms with Crippen LogP contribution in [0.5, 0.6) is 0 Å². The molecule has 0 fully saturated rings. The van der Waals surface area contributed by atoms with E-state index in [1.807, 2.05) is 12.1 Å². The number of hydrogen-bond donors (Lipinski definition) is 0. The Morgan fingerprint density at radius 3 is 2.82 bits per heavy atom. The van der Waals surface area contributed by atoms with Crippen molar-refractivity contribution in [1.82, 2.24) is 15.0 Å². The van der Waals surface area contributed by atoms with E-state index in [4.69, 9.17) is 0 Å². The lowest BCUT2D eigenvalue weighted by atomic mass is 10.4. The van der Waals surface area contributed by atoms with Crippen LogP contribution < -0.4 is 0 Å². The summed E-state index contributed by atoms with van der Waals surface area (Å²) < 4.78 is 0. The zero-order valence-corrected chi connectivity index (χ0v) is 10.8.